The fourth-order valence-electron chi connectivity index (χ4n) is 1.26. The van der Waals surface area contributed by atoms with E-state index in [1.54, 1.807) is 6.26 Å². The van der Waals surface area contributed by atoms with Crippen molar-refractivity contribution in [2.45, 2.75) is 40.7 Å². The van der Waals surface area contributed by atoms with Crippen LogP contribution in [0.2, 0.25) is 0 Å². The Labute approximate surface area is 93.1 Å². The maximum atomic E-state index is 5.36. The van der Waals surface area contributed by atoms with Gasteiger partial charge >= 0.3 is 0 Å². The molecule has 0 bridgehead atoms. The van der Waals surface area contributed by atoms with Crippen molar-refractivity contribution < 1.29 is 4.42 Å². The molecule has 1 aromatic rings. The van der Waals surface area contributed by atoms with Crippen molar-refractivity contribution in [2.24, 2.45) is 11.3 Å². The molecule has 0 radical (unpaired) electrons. The predicted octanol–water partition coefficient (Wildman–Crippen LogP) is 3.61. The van der Waals surface area contributed by atoms with Crippen molar-refractivity contribution in [2.75, 3.05) is 6.54 Å². The first-order valence-electron chi connectivity index (χ1n) is 5.70. The van der Waals surface area contributed by atoms with Crippen molar-refractivity contribution in [3.63, 3.8) is 0 Å². The van der Waals surface area contributed by atoms with Gasteiger partial charge < -0.3 is 9.73 Å². The standard InChI is InChI=1S/C13H23NO/c1-10(2)13(4,5)9-14-11(3)12-7-6-8-15-12/h6-8,10-11,14H,9H2,1-5H3. The molecule has 0 aliphatic heterocycles. The number of rotatable bonds is 5. The van der Waals surface area contributed by atoms with Gasteiger partial charge in [-0.3, -0.25) is 0 Å². The second-order valence-electron chi connectivity index (χ2n) is 5.26. The SMILES string of the molecule is CC(NCC(C)(C)C(C)C)c1ccco1. The molecule has 0 aliphatic rings. The van der Waals surface area contributed by atoms with Gasteiger partial charge in [-0.1, -0.05) is 27.7 Å². The number of hydrogen-bond donors (Lipinski definition) is 1. The molecular formula is C13H23NO. The number of nitrogens with one attached hydrogen (secondary N) is 1. The first-order chi connectivity index (χ1) is 6.93. The fraction of sp³-hybridized carbons (Fsp3) is 0.692. The van der Waals surface area contributed by atoms with E-state index in [1.165, 1.54) is 0 Å². The molecule has 2 nitrogen and oxygen atoms in total. The molecule has 1 rings (SSSR count). The summed E-state index contributed by atoms with van der Waals surface area (Å²) in [7, 11) is 0. The van der Waals surface area contributed by atoms with Crippen molar-refractivity contribution in [1.29, 1.82) is 0 Å². The van der Waals surface area contributed by atoms with Crippen LogP contribution in [0.1, 0.15) is 46.4 Å². The van der Waals surface area contributed by atoms with Crippen LogP contribution in [0.3, 0.4) is 0 Å². The molecule has 15 heavy (non-hydrogen) atoms. The molecule has 0 fully saturated rings. The highest BCUT2D eigenvalue weighted by Gasteiger charge is 2.23. The first kappa shape index (κ1) is 12.3. The summed E-state index contributed by atoms with van der Waals surface area (Å²) in [4.78, 5) is 0. The van der Waals surface area contributed by atoms with E-state index in [1.807, 2.05) is 12.1 Å². The van der Waals surface area contributed by atoms with E-state index < -0.39 is 0 Å². The van der Waals surface area contributed by atoms with E-state index in [4.69, 9.17) is 4.42 Å². The van der Waals surface area contributed by atoms with Crippen LogP contribution in [-0.2, 0) is 0 Å². The monoisotopic (exact) mass is 209 g/mol. The first-order valence-corrected chi connectivity index (χ1v) is 5.70. The average molecular weight is 209 g/mol. The molecule has 1 unspecified atom stereocenters. The van der Waals surface area contributed by atoms with Gasteiger partial charge in [0.1, 0.15) is 5.76 Å². The van der Waals surface area contributed by atoms with Crippen LogP contribution in [0.5, 0.6) is 0 Å². The lowest BCUT2D eigenvalue weighted by Crippen LogP contribution is -2.34. The zero-order valence-electron chi connectivity index (χ0n) is 10.5. The molecule has 0 amide bonds. The van der Waals surface area contributed by atoms with Crippen molar-refractivity contribution in [1.82, 2.24) is 5.32 Å². The third kappa shape index (κ3) is 3.38. The number of hydrogen-bond acceptors (Lipinski definition) is 2. The molecule has 1 N–H and O–H groups in total. The zero-order valence-corrected chi connectivity index (χ0v) is 10.5. The van der Waals surface area contributed by atoms with E-state index >= 15 is 0 Å². The van der Waals surface area contributed by atoms with Gasteiger partial charge in [0, 0.05) is 6.54 Å². The van der Waals surface area contributed by atoms with E-state index in [-0.39, 0.29) is 6.04 Å². The average Bonchev–Trinajstić information content (AvgIpc) is 2.66. The quantitative estimate of drug-likeness (QED) is 0.801. The van der Waals surface area contributed by atoms with Crippen LogP contribution in [0.25, 0.3) is 0 Å². The maximum Gasteiger partial charge on any atom is 0.120 e. The lowest BCUT2D eigenvalue weighted by Gasteiger charge is -2.30. The van der Waals surface area contributed by atoms with Gasteiger partial charge in [0.05, 0.1) is 12.3 Å². The third-order valence-corrected chi connectivity index (χ3v) is 3.40. The minimum Gasteiger partial charge on any atom is -0.468 e. The van der Waals surface area contributed by atoms with Gasteiger partial charge in [0.25, 0.3) is 0 Å². The Bertz CT molecular complexity index is 275. The molecule has 0 aromatic carbocycles. The second-order valence-corrected chi connectivity index (χ2v) is 5.26. The Morgan fingerprint density at radius 1 is 1.33 bits per heavy atom. The molecule has 0 saturated heterocycles. The lowest BCUT2D eigenvalue weighted by molar-refractivity contribution is 0.226. The van der Waals surface area contributed by atoms with Crippen molar-refractivity contribution >= 4 is 0 Å². The van der Waals surface area contributed by atoms with Crippen LogP contribution in [0.15, 0.2) is 22.8 Å². The minimum atomic E-state index is 0.290. The molecule has 1 heterocycles. The lowest BCUT2D eigenvalue weighted by atomic mass is 9.81. The van der Waals surface area contributed by atoms with Crippen LogP contribution < -0.4 is 5.32 Å². The summed E-state index contributed by atoms with van der Waals surface area (Å²) in [6.45, 7) is 12.2. The van der Waals surface area contributed by atoms with Gasteiger partial charge in [-0.15, -0.1) is 0 Å². The third-order valence-electron chi connectivity index (χ3n) is 3.40. The van der Waals surface area contributed by atoms with Crippen LogP contribution >= 0.6 is 0 Å². The molecule has 0 saturated carbocycles. The largest absolute Gasteiger partial charge is 0.468 e. The highest BCUT2D eigenvalue weighted by molar-refractivity contribution is 5.03. The Morgan fingerprint density at radius 2 is 2.00 bits per heavy atom. The van der Waals surface area contributed by atoms with Crippen molar-refractivity contribution in [3.05, 3.63) is 24.2 Å². The highest BCUT2D eigenvalue weighted by Crippen LogP contribution is 2.26. The van der Waals surface area contributed by atoms with Gasteiger partial charge in [-0.25, -0.2) is 0 Å². The predicted molar refractivity (Wildman–Crippen MR) is 63.7 cm³/mol. The van der Waals surface area contributed by atoms with Crippen LogP contribution in [-0.4, -0.2) is 6.54 Å². The van der Waals surface area contributed by atoms with Crippen LogP contribution in [0, 0.1) is 11.3 Å². The van der Waals surface area contributed by atoms with E-state index in [2.05, 4.69) is 39.9 Å². The molecule has 1 atom stereocenters. The molecule has 2 heteroatoms. The summed E-state index contributed by atoms with van der Waals surface area (Å²) < 4.78 is 5.36. The summed E-state index contributed by atoms with van der Waals surface area (Å²) in [5.41, 5.74) is 0.320. The highest BCUT2D eigenvalue weighted by atomic mass is 16.3. The number of furan rings is 1. The molecule has 0 spiro atoms. The smallest absolute Gasteiger partial charge is 0.120 e. The van der Waals surface area contributed by atoms with Gasteiger partial charge in [0.15, 0.2) is 0 Å². The molecule has 86 valence electrons. The van der Waals surface area contributed by atoms with Crippen LogP contribution in [0.4, 0.5) is 0 Å². The minimum absolute atomic E-state index is 0.290. The zero-order chi connectivity index (χ0) is 11.5. The van der Waals surface area contributed by atoms with Gasteiger partial charge in [-0.2, -0.15) is 0 Å². The van der Waals surface area contributed by atoms with Gasteiger partial charge in [-0.05, 0) is 30.4 Å². The molecule has 1 aromatic heterocycles. The Hall–Kier alpha value is -0.760. The Kier molecular flexibility index (Phi) is 3.97. The van der Waals surface area contributed by atoms with E-state index in [0.717, 1.165) is 12.3 Å². The summed E-state index contributed by atoms with van der Waals surface area (Å²) in [5.74, 6) is 1.68. The summed E-state index contributed by atoms with van der Waals surface area (Å²) >= 11 is 0. The Balaban J connectivity index is 2.44. The van der Waals surface area contributed by atoms with Gasteiger partial charge in [0.2, 0.25) is 0 Å². The summed E-state index contributed by atoms with van der Waals surface area (Å²) in [5, 5.41) is 3.51. The van der Waals surface area contributed by atoms with Crippen molar-refractivity contribution in [3.8, 4) is 0 Å². The Morgan fingerprint density at radius 3 is 2.47 bits per heavy atom. The molecular weight excluding hydrogens is 186 g/mol. The summed E-state index contributed by atoms with van der Waals surface area (Å²) in [6.07, 6.45) is 1.72. The maximum absolute atomic E-state index is 5.36. The summed E-state index contributed by atoms with van der Waals surface area (Å²) in [6, 6.07) is 4.24. The fourth-order valence-corrected chi connectivity index (χ4v) is 1.26. The molecule has 0 aliphatic carbocycles. The van der Waals surface area contributed by atoms with E-state index in [0.29, 0.717) is 11.3 Å². The van der Waals surface area contributed by atoms with E-state index in [9.17, 15) is 0 Å². The normalized spacial score (nSPS) is 14.5. The topological polar surface area (TPSA) is 25.2 Å². The second kappa shape index (κ2) is 4.84.